The first-order valence-corrected chi connectivity index (χ1v) is 9.80. The van der Waals surface area contributed by atoms with Crippen LogP contribution in [0.1, 0.15) is 18.1 Å². The number of carbonyl (C=O) groups is 1. The van der Waals surface area contributed by atoms with Crippen LogP contribution in [0.15, 0.2) is 48.5 Å². The van der Waals surface area contributed by atoms with Crippen LogP contribution in [0.25, 0.3) is 6.08 Å². The molecule has 2 aromatic carbocycles. The number of anilines is 1. The van der Waals surface area contributed by atoms with Crippen LogP contribution in [0.2, 0.25) is 0 Å². The molecule has 0 radical (unpaired) electrons. The third kappa shape index (κ3) is 6.34. The lowest BCUT2D eigenvalue weighted by Gasteiger charge is -2.26. The molecule has 6 heteroatoms. The summed E-state index contributed by atoms with van der Waals surface area (Å²) in [6, 6.07) is 13.5. The minimum Gasteiger partial charge on any atom is -0.493 e. The normalized spacial score (nSPS) is 14.7. The molecule has 0 aliphatic carbocycles. The molecule has 0 saturated carbocycles. The average molecular weight is 396 g/mol. The van der Waals surface area contributed by atoms with E-state index in [0.29, 0.717) is 11.5 Å². The predicted octanol–water partition coefficient (Wildman–Crippen LogP) is 3.58. The molecule has 154 valence electrons. The summed E-state index contributed by atoms with van der Waals surface area (Å²) in [6.45, 7) is 6.24. The van der Waals surface area contributed by atoms with Gasteiger partial charge in [0.2, 0.25) is 0 Å². The van der Waals surface area contributed by atoms with Crippen LogP contribution >= 0.6 is 0 Å². The van der Waals surface area contributed by atoms with Gasteiger partial charge in [-0.3, -0.25) is 9.69 Å². The molecule has 6 nitrogen and oxygen atoms in total. The number of nitrogens with one attached hydrogen (secondary N) is 1. The monoisotopic (exact) mass is 396 g/mol. The van der Waals surface area contributed by atoms with Crippen LogP contribution in [0.5, 0.6) is 11.5 Å². The molecule has 0 aromatic heterocycles. The second-order valence-electron chi connectivity index (χ2n) is 6.83. The third-order valence-corrected chi connectivity index (χ3v) is 4.65. The van der Waals surface area contributed by atoms with Crippen LogP contribution in [0.4, 0.5) is 5.69 Å². The van der Waals surface area contributed by atoms with Crippen molar-refractivity contribution in [2.24, 2.45) is 0 Å². The molecule has 1 saturated heterocycles. The Balaban J connectivity index is 1.50. The van der Waals surface area contributed by atoms with Crippen LogP contribution in [-0.4, -0.2) is 50.8 Å². The number of rotatable bonds is 8. The number of benzene rings is 2. The highest BCUT2D eigenvalue weighted by atomic mass is 16.5. The predicted molar refractivity (Wildman–Crippen MR) is 114 cm³/mol. The van der Waals surface area contributed by atoms with Gasteiger partial charge in [-0.1, -0.05) is 30.4 Å². The van der Waals surface area contributed by atoms with Crippen molar-refractivity contribution >= 4 is 17.7 Å². The van der Waals surface area contributed by atoms with Crippen molar-refractivity contribution in [3.8, 4) is 11.5 Å². The zero-order valence-electron chi connectivity index (χ0n) is 17.0. The summed E-state index contributed by atoms with van der Waals surface area (Å²) in [4.78, 5) is 14.6. The average Bonchev–Trinajstić information content (AvgIpc) is 2.75. The van der Waals surface area contributed by atoms with E-state index in [4.69, 9.17) is 14.2 Å². The van der Waals surface area contributed by atoms with Gasteiger partial charge in [0.15, 0.2) is 18.1 Å². The van der Waals surface area contributed by atoms with E-state index in [9.17, 15) is 4.79 Å². The number of ether oxygens (including phenoxy) is 3. The Hall–Kier alpha value is -2.83. The Kier molecular flexibility index (Phi) is 7.67. The van der Waals surface area contributed by atoms with Crippen molar-refractivity contribution in [3.63, 3.8) is 0 Å². The second kappa shape index (κ2) is 10.6. The summed E-state index contributed by atoms with van der Waals surface area (Å²) >= 11 is 0. The summed E-state index contributed by atoms with van der Waals surface area (Å²) < 4.78 is 16.4. The maximum atomic E-state index is 12.2. The highest BCUT2D eigenvalue weighted by Gasteiger charge is 2.11. The maximum absolute atomic E-state index is 12.2. The molecule has 1 amide bonds. The molecule has 1 heterocycles. The van der Waals surface area contributed by atoms with Crippen molar-refractivity contribution in [2.45, 2.75) is 13.5 Å². The third-order valence-electron chi connectivity index (χ3n) is 4.65. The van der Waals surface area contributed by atoms with Crippen LogP contribution in [0, 0.1) is 0 Å². The standard InChI is InChI=1S/C23H28N2O4/c1-3-4-18-7-10-21(22(15-18)27-2)29-17-23(26)24-20-8-5-19(6-9-20)16-25-11-13-28-14-12-25/h3-10,15H,11-14,16-17H2,1-2H3,(H,24,26)/b4-3+. The van der Waals surface area contributed by atoms with E-state index in [2.05, 4.69) is 10.2 Å². The van der Waals surface area contributed by atoms with Gasteiger partial charge in [-0.2, -0.15) is 0 Å². The minimum absolute atomic E-state index is 0.0884. The molecule has 1 aliphatic heterocycles. The fourth-order valence-corrected chi connectivity index (χ4v) is 3.15. The first-order chi connectivity index (χ1) is 14.2. The Morgan fingerprint density at radius 3 is 2.59 bits per heavy atom. The number of hydrogen-bond acceptors (Lipinski definition) is 5. The molecule has 0 spiro atoms. The summed E-state index contributed by atoms with van der Waals surface area (Å²) in [5, 5.41) is 2.86. The second-order valence-corrected chi connectivity index (χ2v) is 6.83. The van der Waals surface area contributed by atoms with Crippen molar-refractivity contribution in [2.75, 3.05) is 45.3 Å². The fourth-order valence-electron chi connectivity index (χ4n) is 3.15. The van der Waals surface area contributed by atoms with Gasteiger partial charge in [0.1, 0.15) is 0 Å². The number of nitrogens with zero attached hydrogens (tertiary/aromatic N) is 1. The highest BCUT2D eigenvalue weighted by Crippen LogP contribution is 2.28. The SMILES string of the molecule is C/C=C/c1ccc(OCC(=O)Nc2ccc(CN3CCOCC3)cc2)c(OC)c1. The van der Waals surface area contributed by atoms with Gasteiger partial charge in [-0.05, 0) is 42.3 Å². The lowest BCUT2D eigenvalue weighted by Crippen LogP contribution is -2.35. The molecule has 1 aliphatic rings. The summed E-state index contributed by atoms with van der Waals surface area (Å²) in [7, 11) is 1.58. The number of amides is 1. The van der Waals surface area contributed by atoms with Gasteiger partial charge in [-0.25, -0.2) is 0 Å². The topological polar surface area (TPSA) is 60.0 Å². The molecule has 29 heavy (non-hydrogen) atoms. The van der Waals surface area contributed by atoms with E-state index >= 15 is 0 Å². The quantitative estimate of drug-likeness (QED) is 0.739. The Morgan fingerprint density at radius 2 is 1.90 bits per heavy atom. The summed E-state index contributed by atoms with van der Waals surface area (Å²) in [6.07, 6.45) is 3.93. The summed E-state index contributed by atoms with van der Waals surface area (Å²) in [5.74, 6) is 0.920. The molecule has 1 N–H and O–H groups in total. The highest BCUT2D eigenvalue weighted by molar-refractivity contribution is 5.91. The molecule has 0 atom stereocenters. The Labute approximate surface area is 172 Å². The van der Waals surface area contributed by atoms with E-state index in [1.165, 1.54) is 5.56 Å². The fraction of sp³-hybridized carbons (Fsp3) is 0.348. The molecule has 0 unspecified atom stereocenters. The van der Waals surface area contributed by atoms with Crippen LogP contribution in [0.3, 0.4) is 0 Å². The zero-order chi connectivity index (χ0) is 20.5. The Morgan fingerprint density at radius 1 is 1.14 bits per heavy atom. The molecular formula is C23H28N2O4. The first-order valence-electron chi connectivity index (χ1n) is 9.80. The maximum Gasteiger partial charge on any atom is 0.262 e. The lowest BCUT2D eigenvalue weighted by atomic mass is 10.2. The molecule has 3 rings (SSSR count). The zero-order valence-corrected chi connectivity index (χ0v) is 17.0. The number of allylic oxidation sites excluding steroid dienone is 1. The first kappa shape index (κ1) is 20.9. The van der Waals surface area contributed by atoms with E-state index in [1.807, 2.05) is 61.5 Å². The van der Waals surface area contributed by atoms with Gasteiger partial charge >= 0.3 is 0 Å². The molecule has 2 aromatic rings. The van der Waals surface area contributed by atoms with Crippen LogP contribution < -0.4 is 14.8 Å². The van der Waals surface area contributed by atoms with Crippen molar-refractivity contribution < 1.29 is 19.0 Å². The van der Waals surface area contributed by atoms with E-state index in [0.717, 1.165) is 44.1 Å². The molecule has 0 bridgehead atoms. The smallest absolute Gasteiger partial charge is 0.262 e. The van der Waals surface area contributed by atoms with Gasteiger partial charge < -0.3 is 19.5 Å². The van der Waals surface area contributed by atoms with Gasteiger partial charge in [-0.15, -0.1) is 0 Å². The van der Waals surface area contributed by atoms with Crippen LogP contribution in [-0.2, 0) is 16.1 Å². The van der Waals surface area contributed by atoms with E-state index in [1.54, 1.807) is 7.11 Å². The van der Waals surface area contributed by atoms with Crippen molar-refractivity contribution in [1.82, 2.24) is 4.90 Å². The van der Waals surface area contributed by atoms with Crippen molar-refractivity contribution in [1.29, 1.82) is 0 Å². The van der Waals surface area contributed by atoms with E-state index < -0.39 is 0 Å². The lowest BCUT2D eigenvalue weighted by molar-refractivity contribution is -0.118. The number of hydrogen-bond donors (Lipinski definition) is 1. The van der Waals surface area contributed by atoms with Gasteiger partial charge in [0.25, 0.3) is 5.91 Å². The number of carbonyl (C=O) groups excluding carboxylic acids is 1. The Bertz CT molecular complexity index is 827. The number of methoxy groups -OCH3 is 1. The molecular weight excluding hydrogens is 368 g/mol. The molecule has 1 fully saturated rings. The largest absolute Gasteiger partial charge is 0.493 e. The minimum atomic E-state index is -0.217. The van der Waals surface area contributed by atoms with Gasteiger partial charge in [0, 0.05) is 25.3 Å². The van der Waals surface area contributed by atoms with E-state index in [-0.39, 0.29) is 12.5 Å². The summed E-state index contributed by atoms with van der Waals surface area (Å²) in [5.41, 5.74) is 2.98. The van der Waals surface area contributed by atoms with Crippen molar-refractivity contribution in [3.05, 3.63) is 59.7 Å². The van der Waals surface area contributed by atoms with Gasteiger partial charge in [0.05, 0.1) is 20.3 Å². The number of morpholine rings is 1.